The Morgan fingerprint density at radius 3 is 2.00 bits per heavy atom. The summed E-state index contributed by atoms with van der Waals surface area (Å²) in [6.07, 6.45) is 1.43. The zero-order valence-electron chi connectivity index (χ0n) is 22.3. The molecular weight excluding hydrogens is 504 g/mol. The molecule has 5 rings (SSSR count). The van der Waals surface area contributed by atoms with Gasteiger partial charge in [0.05, 0.1) is 25.7 Å². The molecule has 204 valence electrons. The fourth-order valence-corrected chi connectivity index (χ4v) is 4.49. The fraction of sp³-hybridized carbons (Fsp3) is 0.212. The molecule has 7 nitrogen and oxygen atoms in total. The lowest BCUT2D eigenvalue weighted by Gasteiger charge is -2.23. The van der Waals surface area contributed by atoms with Crippen LogP contribution in [0.2, 0.25) is 0 Å². The second kappa shape index (κ2) is 12.5. The molecule has 0 bridgehead atoms. The van der Waals surface area contributed by atoms with Crippen LogP contribution in [0, 0.1) is 0 Å². The maximum absolute atomic E-state index is 13.5. The van der Waals surface area contributed by atoms with E-state index in [9.17, 15) is 9.59 Å². The van der Waals surface area contributed by atoms with Gasteiger partial charge in [-0.1, -0.05) is 60.7 Å². The van der Waals surface area contributed by atoms with E-state index in [0.29, 0.717) is 30.9 Å². The van der Waals surface area contributed by atoms with Crippen LogP contribution in [-0.4, -0.2) is 31.6 Å². The minimum Gasteiger partial charge on any atom is -0.497 e. The number of benzene rings is 4. The van der Waals surface area contributed by atoms with Crippen LogP contribution in [0.5, 0.6) is 17.2 Å². The number of para-hydroxylation sites is 1. The minimum absolute atomic E-state index is 0.0281. The zero-order valence-corrected chi connectivity index (χ0v) is 22.3. The molecule has 0 saturated heterocycles. The molecular formula is C33H32N2O5. The Kier molecular flexibility index (Phi) is 8.42. The standard InChI is InChI=1S/C33H32N2O5/c1-38-27-16-12-25(13-17-27)33(20-21-33)32(37)35-30(23-39-22-24-8-4-2-5-9-24)31(36)34-26-14-18-29(19-15-26)40-28-10-6-3-7-11-28/h2-19,30H,20-23H2,1H3,(H,34,36)(H,35,37). The summed E-state index contributed by atoms with van der Waals surface area (Å²) in [5.74, 6) is 1.56. The molecule has 4 aromatic carbocycles. The van der Waals surface area contributed by atoms with Crippen LogP contribution < -0.4 is 20.1 Å². The summed E-state index contributed by atoms with van der Waals surface area (Å²) in [7, 11) is 1.61. The van der Waals surface area contributed by atoms with E-state index in [0.717, 1.165) is 22.6 Å². The largest absolute Gasteiger partial charge is 0.497 e. The first kappa shape index (κ1) is 27.0. The van der Waals surface area contributed by atoms with Gasteiger partial charge in [-0.15, -0.1) is 0 Å². The van der Waals surface area contributed by atoms with Gasteiger partial charge >= 0.3 is 0 Å². The summed E-state index contributed by atoms with van der Waals surface area (Å²) in [6, 6.07) is 32.9. The van der Waals surface area contributed by atoms with Crippen LogP contribution in [0.4, 0.5) is 5.69 Å². The van der Waals surface area contributed by atoms with Gasteiger partial charge < -0.3 is 24.8 Å². The Bertz CT molecular complexity index is 1400. The highest BCUT2D eigenvalue weighted by Gasteiger charge is 2.52. The molecule has 1 unspecified atom stereocenters. The van der Waals surface area contributed by atoms with Crippen molar-refractivity contribution in [3.8, 4) is 17.2 Å². The number of ether oxygens (including phenoxy) is 3. The van der Waals surface area contributed by atoms with Crippen LogP contribution in [0.1, 0.15) is 24.0 Å². The van der Waals surface area contributed by atoms with Gasteiger partial charge in [-0.05, 0) is 72.5 Å². The molecule has 1 saturated carbocycles. The molecule has 1 aliphatic carbocycles. The van der Waals surface area contributed by atoms with Crippen molar-refractivity contribution >= 4 is 17.5 Å². The number of amides is 2. The molecule has 0 spiro atoms. The summed E-state index contributed by atoms with van der Waals surface area (Å²) in [5.41, 5.74) is 1.83. The van der Waals surface area contributed by atoms with E-state index in [1.807, 2.05) is 84.9 Å². The summed E-state index contributed by atoms with van der Waals surface area (Å²) in [4.78, 5) is 26.9. The van der Waals surface area contributed by atoms with Crippen molar-refractivity contribution in [1.82, 2.24) is 5.32 Å². The number of carbonyl (C=O) groups is 2. The SMILES string of the molecule is COc1ccc(C2(C(=O)NC(COCc3ccccc3)C(=O)Nc3ccc(Oc4ccccc4)cc3)CC2)cc1. The number of nitrogens with one attached hydrogen (secondary N) is 2. The molecule has 0 heterocycles. The molecule has 4 aromatic rings. The number of hydrogen-bond acceptors (Lipinski definition) is 5. The molecule has 40 heavy (non-hydrogen) atoms. The zero-order chi connectivity index (χ0) is 27.8. The monoisotopic (exact) mass is 536 g/mol. The average Bonchev–Trinajstić information content (AvgIpc) is 3.81. The summed E-state index contributed by atoms with van der Waals surface area (Å²) in [5, 5.41) is 5.87. The molecule has 7 heteroatoms. The van der Waals surface area contributed by atoms with Crippen molar-refractivity contribution in [3.63, 3.8) is 0 Å². The molecule has 0 radical (unpaired) electrons. The minimum atomic E-state index is -0.882. The van der Waals surface area contributed by atoms with E-state index >= 15 is 0 Å². The molecule has 0 aromatic heterocycles. The highest BCUT2D eigenvalue weighted by Crippen LogP contribution is 2.48. The van der Waals surface area contributed by atoms with Crippen LogP contribution in [0.15, 0.2) is 109 Å². The van der Waals surface area contributed by atoms with Crippen molar-refractivity contribution in [2.45, 2.75) is 30.9 Å². The Labute approximate surface area is 234 Å². The smallest absolute Gasteiger partial charge is 0.249 e. The molecule has 1 aliphatic rings. The first-order chi connectivity index (χ1) is 19.6. The highest BCUT2D eigenvalue weighted by molar-refractivity contribution is 6.00. The van der Waals surface area contributed by atoms with Crippen LogP contribution >= 0.6 is 0 Å². The summed E-state index contributed by atoms with van der Waals surface area (Å²) >= 11 is 0. The lowest BCUT2D eigenvalue weighted by atomic mass is 9.94. The lowest BCUT2D eigenvalue weighted by molar-refractivity contribution is -0.129. The van der Waals surface area contributed by atoms with E-state index in [1.54, 1.807) is 31.4 Å². The van der Waals surface area contributed by atoms with Crippen molar-refractivity contribution in [2.75, 3.05) is 19.0 Å². The Hall–Kier alpha value is -4.62. The first-order valence-electron chi connectivity index (χ1n) is 13.3. The van der Waals surface area contributed by atoms with Crippen molar-refractivity contribution in [2.24, 2.45) is 0 Å². The third kappa shape index (κ3) is 6.68. The Morgan fingerprint density at radius 1 is 0.775 bits per heavy atom. The van der Waals surface area contributed by atoms with Gasteiger partial charge in [0.15, 0.2) is 0 Å². The van der Waals surface area contributed by atoms with Gasteiger partial charge in [0.2, 0.25) is 11.8 Å². The van der Waals surface area contributed by atoms with Crippen molar-refractivity contribution in [3.05, 3.63) is 120 Å². The first-order valence-corrected chi connectivity index (χ1v) is 13.3. The molecule has 2 N–H and O–H groups in total. The molecule has 1 atom stereocenters. The van der Waals surface area contributed by atoms with E-state index in [4.69, 9.17) is 14.2 Å². The number of carbonyl (C=O) groups excluding carboxylic acids is 2. The predicted octanol–water partition coefficient (Wildman–Crippen LogP) is 5.86. The van der Waals surface area contributed by atoms with Gasteiger partial charge in [-0.3, -0.25) is 9.59 Å². The fourth-order valence-electron chi connectivity index (χ4n) is 4.49. The van der Waals surface area contributed by atoms with Gasteiger partial charge in [-0.25, -0.2) is 0 Å². The quantitative estimate of drug-likeness (QED) is 0.237. The number of anilines is 1. The Morgan fingerprint density at radius 2 is 1.38 bits per heavy atom. The van der Waals surface area contributed by atoms with E-state index in [-0.39, 0.29) is 18.4 Å². The van der Waals surface area contributed by atoms with Crippen LogP contribution in [-0.2, 0) is 26.3 Å². The molecule has 2 amide bonds. The number of methoxy groups -OCH3 is 1. The topological polar surface area (TPSA) is 85.9 Å². The normalized spacial score (nSPS) is 14.0. The number of hydrogen-bond donors (Lipinski definition) is 2. The third-order valence-electron chi connectivity index (χ3n) is 6.95. The number of rotatable bonds is 12. The van der Waals surface area contributed by atoms with E-state index in [2.05, 4.69) is 10.6 Å². The molecule has 1 fully saturated rings. The van der Waals surface area contributed by atoms with Gasteiger partial charge in [0.25, 0.3) is 0 Å². The Balaban J connectivity index is 1.26. The average molecular weight is 537 g/mol. The van der Waals surface area contributed by atoms with E-state index < -0.39 is 11.5 Å². The third-order valence-corrected chi connectivity index (χ3v) is 6.95. The highest BCUT2D eigenvalue weighted by atomic mass is 16.5. The maximum Gasteiger partial charge on any atom is 0.249 e. The second-order valence-corrected chi connectivity index (χ2v) is 9.77. The van der Waals surface area contributed by atoms with Crippen molar-refractivity contribution in [1.29, 1.82) is 0 Å². The summed E-state index contributed by atoms with van der Waals surface area (Å²) in [6.45, 7) is 0.357. The second-order valence-electron chi connectivity index (χ2n) is 9.77. The van der Waals surface area contributed by atoms with Gasteiger partial charge in [0, 0.05) is 5.69 Å². The maximum atomic E-state index is 13.5. The summed E-state index contributed by atoms with van der Waals surface area (Å²) < 4.78 is 17.0. The van der Waals surface area contributed by atoms with Gasteiger partial charge in [0.1, 0.15) is 23.3 Å². The van der Waals surface area contributed by atoms with E-state index in [1.165, 1.54) is 0 Å². The van der Waals surface area contributed by atoms with Crippen molar-refractivity contribution < 1.29 is 23.8 Å². The van der Waals surface area contributed by atoms with Crippen LogP contribution in [0.25, 0.3) is 0 Å². The predicted molar refractivity (Wildman–Crippen MR) is 154 cm³/mol. The van der Waals surface area contributed by atoms with Crippen LogP contribution in [0.3, 0.4) is 0 Å². The van der Waals surface area contributed by atoms with Gasteiger partial charge in [-0.2, -0.15) is 0 Å². The lowest BCUT2D eigenvalue weighted by Crippen LogP contribution is -2.50. The molecule has 0 aliphatic heterocycles.